The Morgan fingerprint density at radius 2 is 1.74 bits per heavy atom. The van der Waals surface area contributed by atoms with Gasteiger partial charge in [-0.3, -0.25) is 9.52 Å². The van der Waals surface area contributed by atoms with Gasteiger partial charge in [0.2, 0.25) is 15.9 Å². The van der Waals surface area contributed by atoms with Crippen molar-refractivity contribution in [2.75, 3.05) is 27.7 Å². The average molecular weight is 567 g/mol. The Morgan fingerprint density at radius 1 is 1.00 bits per heavy atom. The molecule has 0 unspecified atom stereocenters. The van der Waals surface area contributed by atoms with Crippen molar-refractivity contribution in [1.82, 2.24) is 5.32 Å². The highest BCUT2D eigenvalue weighted by atomic mass is 35.5. The number of nitrogens with one attached hydrogen (secondary N) is 3. The molecule has 3 amide bonds. The van der Waals surface area contributed by atoms with Crippen LogP contribution in [0.3, 0.4) is 0 Å². The van der Waals surface area contributed by atoms with Crippen molar-refractivity contribution in [3.8, 4) is 11.1 Å². The van der Waals surface area contributed by atoms with Crippen LogP contribution in [-0.2, 0) is 14.8 Å². The zero-order chi connectivity index (χ0) is 27.6. The van der Waals surface area contributed by atoms with Crippen LogP contribution >= 0.6 is 11.6 Å². The smallest absolute Gasteiger partial charge is 0.319 e. The SMILES string of the molecule is CS(=O)(=O)Nc1ccccc1-c1ccc(N2CCC[C@@H](NC(=O)Nc3ccc(Cl)cc3F)C2=O)c(F)c1F. The van der Waals surface area contributed by atoms with Crippen molar-refractivity contribution in [2.24, 2.45) is 0 Å². The molecule has 1 fully saturated rings. The third-order valence-corrected chi connectivity index (χ3v) is 6.61. The van der Waals surface area contributed by atoms with Gasteiger partial charge in [0.25, 0.3) is 0 Å². The molecule has 0 saturated carbocycles. The molecule has 1 atom stereocenters. The molecule has 0 radical (unpaired) electrons. The van der Waals surface area contributed by atoms with Crippen LogP contribution in [0.5, 0.6) is 0 Å². The van der Waals surface area contributed by atoms with Crippen molar-refractivity contribution in [3.05, 3.63) is 77.1 Å². The number of benzene rings is 3. The molecule has 0 bridgehead atoms. The molecule has 3 aromatic carbocycles. The summed E-state index contributed by atoms with van der Waals surface area (Å²) < 4.78 is 70.1. The minimum atomic E-state index is -3.69. The number of halogens is 4. The number of carbonyl (C=O) groups excluding carboxylic acids is 2. The number of sulfonamides is 1. The molecular weight excluding hydrogens is 545 g/mol. The van der Waals surface area contributed by atoms with Gasteiger partial charge >= 0.3 is 6.03 Å². The van der Waals surface area contributed by atoms with Gasteiger partial charge in [0.05, 0.1) is 23.3 Å². The predicted octanol–water partition coefficient (Wildman–Crippen LogP) is 5.11. The fraction of sp³-hybridized carbons (Fsp3) is 0.200. The van der Waals surface area contributed by atoms with Gasteiger partial charge in [-0.2, -0.15) is 0 Å². The highest BCUT2D eigenvalue weighted by Gasteiger charge is 2.33. The number of carbonyl (C=O) groups is 2. The van der Waals surface area contributed by atoms with Crippen molar-refractivity contribution in [2.45, 2.75) is 18.9 Å². The van der Waals surface area contributed by atoms with E-state index in [2.05, 4.69) is 15.4 Å². The lowest BCUT2D eigenvalue weighted by Crippen LogP contribution is -2.53. The lowest BCUT2D eigenvalue weighted by atomic mass is 10.00. The number of piperidine rings is 1. The zero-order valence-corrected chi connectivity index (χ0v) is 21.5. The number of para-hydroxylation sites is 1. The van der Waals surface area contributed by atoms with Gasteiger partial charge in [0, 0.05) is 22.7 Å². The molecule has 0 aromatic heterocycles. The minimum Gasteiger partial charge on any atom is -0.326 e. The Morgan fingerprint density at radius 3 is 2.45 bits per heavy atom. The first-order valence-electron chi connectivity index (χ1n) is 11.3. The number of hydrogen-bond donors (Lipinski definition) is 3. The lowest BCUT2D eigenvalue weighted by molar-refractivity contribution is -0.121. The van der Waals surface area contributed by atoms with E-state index in [0.717, 1.165) is 17.2 Å². The van der Waals surface area contributed by atoms with E-state index in [0.29, 0.717) is 6.42 Å². The van der Waals surface area contributed by atoms with E-state index in [1.807, 2.05) is 0 Å². The molecule has 38 heavy (non-hydrogen) atoms. The maximum Gasteiger partial charge on any atom is 0.319 e. The quantitative estimate of drug-likeness (QED) is 0.385. The van der Waals surface area contributed by atoms with Gasteiger partial charge in [0.15, 0.2) is 11.6 Å². The van der Waals surface area contributed by atoms with Crippen molar-refractivity contribution in [3.63, 3.8) is 0 Å². The third kappa shape index (κ3) is 6.03. The van der Waals surface area contributed by atoms with Crippen LogP contribution in [0, 0.1) is 17.5 Å². The standard InChI is InChI=1S/C25H22ClF3N4O4S/c1-38(36,37)32-18-6-3-2-5-15(18)16-9-11-21(23(29)22(16)28)33-12-4-7-20(24(33)34)31-25(35)30-19-10-8-14(26)13-17(19)27/h2-3,5-6,8-11,13,20,32H,4,7,12H2,1H3,(H2,30,31,35)/t20-/m1/s1. The molecule has 1 aliphatic heterocycles. The molecule has 8 nitrogen and oxygen atoms in total. The average Bonchev–Trinajstić information content (AvgIpc) is 2.84. The second kappa shape index (κ2) is 10.9. The van der Waals surface area contributed by atoms with Crippen LogP contribution < -0.4 is 20.3 Å². The number of amides is 3. The van der Waals surface area contributed by atoms with Crippen LogP contribution in [0.4, 0.5) is 35.0 Å². The molecule has 3 aromatic rings. The van der Waals surface area contributed by atoms with Crippen molar-refractivity contribution < 1.29 is 31.2 Å². The normalized spacial score (nSPS) is 15.8. The van der Waals surface area contributed by atoms with E-state index in [1.165, 1.54) is 42.5 Å². The van der Waals surface area contributed by atoms with E-state index < -0.39 is 45.5 Å². The maximum absolute atomic E-state index is 15.3. The molecule has 0 aliphatic carbocycles. The second-order valence-corrected chi connectivity index (χ2v) is 10.8. The van der Waals surface area contributed by atoms with Crippen molar-refractivity contribution >= 4 is 50.6 Å². The largest absolute Gasteiger partial charge is 0.326 e. The highest BCUT2D eigenvalue weighted by Crippen LogP contribution is 2.35. The summed E-state index contributed by atoms with van der Waals surface area (Å²) in [7, 11) is -3.69. The minimum absolute atomic E-state index is 0.0579. The number of rotatable bonds is 6. The number of hydrogen-bond acceptors (Lipinski definition) is 4. The van der Waals surface area contributed by atoms with E-state index in [9.17, 15) is 22.4 Å². The predicted molar refractivity (Wildman–Crippen MR) is 139 cm³/mol. The third-order valence-electron chi connectivity index (χ3n) is 5.79. The van der Waals surface area contributed by atoms with E-state index in [1.54, 1.807) is 6.07 Å². The first-order valence-corrected chi connectivity index (χ1v) is 13.6. The van der Waals surface area contributed by atoms with Gasteiger partial charge in [-0.1, -0.05) is 29.8 Å². The first-order chi connectivity index (χ1) is 17.9. The summed E-state index contributed by atoms with van der Waals surface area (Å²) in [4.78, 5) is 26.5. The Hall–Kier alpha value is -3.77. The molecule has 1 aliphatic rings. The second-order valence-electron chi connectivity index (χ2n) is 8.59. The summed E-state index contributed by atoms with van der Waals surface area (Å²) in [5, 5.41) is 4.87. The van der Waals surface area contributed by atoms with Gasteiger partial charge in [0.1, 0.15) is 11.9 Å². The van der Waals surface area contributed by atoms with E-state index in [4.69, 9.17) is 11.6 Å². The molecule has 1 heterocycles. The lowest BCUT2D eigenvalue weighted by Gasteiger charge is -2.33. The van der Waals surface area contributed by atoms with Crippen LogP contribution in [-0.4, -0.2) is 39.2 Å². The number of nitrogens with zero attached hydrogens (tertiary/aromatic N) is 1. The summed E-state index contributed by atoms with van der Waals surface area (Å²) in [5.74, 6) is -4.02. The van der Waals surface area contributed by atoms with E-state index in [-0.39, 0.29) is 46.2 Å². The number of urea groups is 1. The molecule has 4 rings (SSSR count). The van der Waals surface area contributed by atoms with Gasteiger partial charge in [-0.15, -0.1) is 0 Å². The fourth-order valence-electron chi connectivity index (χ4n) is 4.12. The topological polar surface area (TPSA) is 108 Å². The van der Waals surface area contributed by atoms with Gasteiger partial charge in [-0.25, -0.2) is 26.4 Å². The molecule has 1 saturated heterocycles. The molecule has 200 valence electrons. The summed E-state index contributed by atoms with van der Waals surface area (Å²) in [5.41, 5.74) is -0.526. The maximum atomic E-state index is 15.3. The molecular formula is C25H22ClF3N4O4S. The Labute approximate surface area is 221 Å². The molecule has 0 spiro atoms. The zero-order valence-electron chi connectivity index (χ0n) is 19.9. The number of anilines is 3. The summed E-state index contributed by atoms with van der Waals surface area (Å²) in [6.07, 6.45) is 1.54. The van der Waals surface area contributed by atoms with Crippen LogP contribution in [0.15, 0.2) is 54.6 Å². The Kier molecular flexibility index (Phi) is 7.83. The molecule has 13 heteroatoms. The van der Waals surface area contributed by atoms with Crippen molar-refractivity contribution in [1.29, 1.82) is 0 Å². The first kappa shape index (κ1) is 27.3. The monoisotopic (exact) mass is 566 g/mol. The van der Waals surface area contributed by atoms with Crippen LogP contribution in [0.25, 0.3) is 11.1 Å². The van der Waals surface area contributed by atoms with Gasteiger partial charge in [-0.05, 0) is 49.2 Å². The molecule has 3 N–H and O–H groups in total. The van der Waals surface area contributed by atoms with Crippen LogP contribution in [0.1, 0.15) is 12.8 Å². The fourth-order valence-corrected chi connectivity index (χ4v) is 4.85. The highest BCUT2D eigenvalue weighted by molar-refractivity contribution is 7.92. The van der Waals surface area contributed by atoms with Gasteiger partial charge < -0.3 is 15.5 Å². The summed E-state index contributed by atoms with van der Waals surface area (Å²) >= 11 is 5.70. The Balaban J connectivity index is 1.55. The summed E-state index contributed by atoms with van der Waals surface area (Å²) in [6, 6.07) is 10.1. The summed E-state index contributed by atoms with van der Waals surface area (Å²) in [6.45, 7) is 0.0758. The Bertz CT molecular complexity index is 1520. The van der Waals surface area contributed by atoms with E-state index >= 15 is 8.78 Å². The van der Waals surface area contributed by atoms with Crippen LogP contribution in [0.2, 0.25) is 5.02 Å².